The topological polar surface area (TPSA) is 74.7 Å². The third-order valence-corrected chi connectivity index (χ3v) is 5.47. The van der Waals surface area contributed by atoms with E-state index >= 15 is 0 Å². The summed E-state index contributed by atoms with van der Waals surface area (Å²) in [5, 5.41) is 7.68. The Bertz CT molecular complexity index is 621. The highest BCUT2D eigenvalue weighted by atomic mass is 32.2. The summed E-state index contributed by atoms with van der Waals surface area (Å²) in [7, 11) is -2.09. The number of nitrogens with zero attached hydrogens (tertiary/aromatic N) is 1. The molecule has 1 atom stereocenters. The second kappa shape index (κ2) is 3.98. The zero-order valence-corrected chi connectivity index (χ0v) is 11.3. The third-order valence-electron chi connectivity index (χ3n) is 3.29. The first-order chi connectivity index (χ1) is 8.26. The molecule has 0 fully saturated rings. The number of hydrogen-bond acceptors (Lipinski definition) is 4. The maximum Gasteiger partial charge on any atom is 0.324 e. The summed E-state index contributed by atoms with van der Waals surface area (Å²) in [5.41, 5.74) is 2.05. The van der Waals surface area contributed by atoms with Crippen molar-refractivity contribution in [1.82, 2.24) is 0 Å². The van der Waals surface area contributed by atoms with Gasteiger partial charge in [0.15, 0.2) is 15.1 Å². The first kappa shape index (κ1) is 12.9. The molecule has 0 radical (unpaired) electrons. The lowest BCUT2D eigenvalue weighted by molar-refractivity contribution is -0.136. The molecular formula is C12H15NO4S. The van der Waals surface area contributed by atoms with Gasteiger partial charge in [0.05, 0.1) is 10.6 Å². The van der Waals surface area contributed by atoms with E-state index in [1.165, 1.54) is 0 Å². The van der Waals surface area contributed by atoms with Gasteiger partial charge >= 0.3 is 5.97 Å². The number of carboxylic acids is 1. The summed E-state index contributed by atoms with van der Waals surface area (Å²) in [5.74, 6) is -1.30. The summed E-state index contributed by atoms with van der Waals surface area (Å²) in [4.78, 5) is 13.0. The molecule has 0 aromatic heterocycles. The number of anilines is 1. The average Bonchev–Trinajstić information content (AvgIpc) is 2.26. The van der Waals surface area contributed by atoms with Crippen LogP contribution in [0.3, 0.4) is 0 Å². The molecule has 1 unspecified atom stereocenters. The highest BCUT2D eigenvalue weighted by Gasteiger charge is 2.42. The average molecular weight is 269 g/mol. The Kier molecular flexibility index (Phi) is 2.85. The van der Waals surface area contributed by atoms with Crippen LogP contribution in [0, 0.1) is 13.8 Å². The molecule has 2 rings (SSSR count). The molecule has 0 spiro atoms. The minimum atomic E-state index is -3.81. The van der Waals surface area contributed by atoms with E-state index in [1.807, 2.05) is 13.0 Å². The lowest BCUT2D eigenvalue weighted by atomic mass is 10.1. The minimum Gasteiger partial charge on any atom is -0.480 e. The molecule has 0 saturated carbocycles. The highest BCUT2D eigenvalue weighted by molar-refractivity contribution is 7.93. The van der Waals surface area contributed by atoms with Crippen molar-refractivity contribution in [3.63, 3.8) is 0 Å². The van der Waals surface area contributed by atoms with Crippen LogP contribution in [-0.2, 0) is 14.6 Å². The van der Waals surface area contributed by atoms with Gasteiger partial charge in [0.2, 0.25) is 0 Å². The maximum atomic E-state index is 12.4. The van der Waals surface area contributed by atoms with E-state index in [9.17, 15) is 13.2 Å². The van der Waals surface area contributed by atoms with Crippen molar-refractivity contribution >= 4 is 21.5 Å². The van der Waals surface area contributed by atoms with Gasteiger partial charge < -0.3 is 10.0 Å². The first-order valence-electron chi connectivity index (χ1n) is 5.55. The zero-order chi connectivity index (χ0) is 13.7. The summed E-state index contributed by atoms with van der Waals surface area (Å²) in [6.07, 6.45) is 0. The maximum absolute atomic E-state index is 12.4. The van der Waals surface area contributed by atoms with Crippen LogP contribution in [0.1, 0.15) is 11.1 Å². The van der Waals surface area contributed by atoms with Gasteiger partial charge in [-0.2, -0.15) is 0 Å². The van der Waals surface area contributed by atoms with Crippen LogP contribution in [0.5, 0.6) is 0 Å². The molecule has 1 aromatic carbocycles. The van der Waals surface area contributed by atoms with E-state index in [0.29, 0.717) is 11.3 Å². The van der Waals surface area contributed by atoms with Crippen molar-refractivity contribution in [2.45, 2.75) is 24.0 Å². The number of sulfone groups is 1. The van der Waals surface area contributed by atoms with Crippen molar-refractivity contribution in [1.29, 1.82) is 0 Å². The summed E-state index contributed by atoms with van der Waals surface area (Å²) in [6.45, 7) is 3.49. The number of fused-ring (bicyclic) bond motifs is 1. The Labute approximate surface area is 106 Å². The Balaban J connectivity index is 2.80. The number of aryl methyl sites for hydroxylation is 2. The van der Waals surface area contributed by atoms with Crippen LogP contribution in [0.4, 0.5) is 5.69 Å². The number of carbonyl (C=O) groups is 1. The van der Waals surface area contributed by atoms with Gasteiger partial charge in [-0.25, -0.2) is 8.42 Å². The summed E-state index contributed by atoms with van der Waals surface area (Å²) in [6, 6.07) is 3.56. The Morgan fingerprint density at radius 1 is 1.33 bits per heavy atom. The molecule has 0 bridgehead atoms. The molecule has 1 aromatic rings. The van der Waals surface area contributed by atoms with E-state index in [1.54, 1.807) is 24.9 Å². The molecule has 0 saturated heterocycles. The number of benzene rings is 1. The molecule has 1 aliphatic heterocycles. The van der Waals surface area contributed by atoms with Crippen molar-refractivity contribution in [2.24, 2.45) is 0 Å². The van der Waals surface area contributed by atoms with Crippen LogP contribution in [0.25, 0.3) is 0 Å². The highest BCUT2D eigenvalue weighted by Crippen LogP contribution is 2.37. The molecular weight excluding hydrogens is 254 g/mol. The Morgan fingerprint density at radius 3 is 2.44 bits per heavy atom. The standard InChI is InChI=1S/C12H15NO4S/c1-7-4-5-8(2)11-10(7)13(3)6-9(12(14)15)18(11,16)17/h4-5,9H,6H2,1-3H3,(H,14,15). The van der Waals surface area contributed by atoms with Crippen molar-refractivity contribution in [3.05, 3.63) is 23.3 Å². The number of hydrogen-bond donors (Lipinski definition) is 1. The third kappa shape index (κ3) is 1.68. The molecule has 18 heavy (non-hydrogen) atoms. The monoisotopic (exact) mass is 269 g/mol. The van der Waals surface area contributed by atoms with E-state index in [4.69, 9.17) is 5.11 Å². The van der Waals surface area contributed by atoms with Crippen molar-refractivity contribution in [3.8, 4) is 0 Å². The Hall–Kier alpha value is -1.56. The van der Waals surface area contributed by atoms with Crippen LogP contribution in [0.2, 0.25) is 0 Å². The SMILES string of the molecule is Cc1ccc(C)c2c1N(C)CC(C(=O)O)S2(=O)=O. The number of carboxylic acid groups (broad SMARTS) is 1. The van der Waals surface area contributed by atoms with E-state index in [2.05, 4.69) is 0 Å². The van der Waals surface area contributed by atoms with Gasteiger partial charge in [0.25, 0.3) is 0 Å². The van der Waals surface area contributed by atoms with E-state index in [0.717, 1.165) is 5.56 Å². The van der Waals surface area contributed by atoms with Crippen LogP contribution < -0.4 is 4.90 Å². The summed E-state index contributed by atoms with van der Waals surface area (Å²) < 4.78 is 24.7. The lowest BCUT2D eigenvalue weighted by Gasteiger charge is -2.33. The second-order valence-electron chi connectivity index (χ2n) is 4.63. The predicted molar refractivity (Wildman–Crippen MR) is 67.8 cm³/mol. The number of aliphatic carboxylic acids is 1. The molecule has 0 aliphatic carbocycles. The van der Waals surface area contributed by atoms with Crippen LogP contribution in [-0.4, -0.2) is 38.3 Å². The molecule has 1 aliphatic rings. The second-order valence-corrected chi connectivity index (χ2v) is 6.70. The van der Waals surface area contributed by atoms with Crippen molar-refractivity contribution < 1.29 is 18.3 Å². The molecule has 6 heteroatoms. The van der Waals surface area contributed by atoms with Gasteiger partial charge in [-0.05, 0) is 25.0 Å². The Morgan fingerprint density at radius 2 is 1.89 bits per heavy atom. The lowest BCUT2D eigenvalue weighted by Crippen LogP contribution is -2.45. The van der Waals surface area contributed by atoms with E-state index < -0.39 is 21.1 Å². The van der Waals surface area contributed by atoms with Crippen LogP contribution >= 0.6 is 0 Å². The smallest absolute Gasteiger partial charge is 0.324 e. The molecule has 0 amide bonds. The summed E-state index contributed by atoms with van der Waals surface area (Å²) >= 11 is 0. The van der Waals surface area contributed by atoms with Gasteiger partial charge in [-0.1, -0.05) is 12.1 Å². The fourth-order valence-electron chi connectivity index (χ4n) is 2.40. The van der Waals surface area contributed by atoms with Gasteiger partial charge in [0.1, 0.15) is 0 Å². The van der Waals surface area contributed by atoms with Gasteiger partial charge in [0, 0.05) is 13.6 Å². The minimum absolute atomic E-state index is 0.0189. The first-order valence-corrected chi connectivity index (χ1v) is 7.09. The molecule has 1 heterocycles. The van der Waals surface area contributed by atoms with Gasteiger partial charge in [-0.15, -0.1) is 0 Å². The predicted octanol–water partition coefficient (Wildman–Crippen LogP) is 0.980. The fraction of sp³-hybridized carbons (Fsp3) is 0.417. The quantitative estimate of drug-likeness (QED) is 0.822. The zero-order valence-electron chi connectivity index (χ0n) is 10.5. The fourth-order valence-corrected chi connectivity index (χ4v) is 4.47. The van der Waals surface area contributed by atoms with E-state index in [-0.39, 0.29) is 11.4 Å². The van der Waals surface area contributed by atoms with Gasteiger partial charge in [-0.3, -0.25) is 4.79 Å². The molecule has 5 nitrogen and oxygen atoms in total. The molecule has 98 valence electrons. The number of rotatable bonds is 1. The molecule has 1 N–H and O–H groups in total. The van der Waals surface area contributed by atoms with Crippen molar-refractivity contribution in [2.75, 3.05) is 18.5 Å². The largest absolute Gasteiger partial charge is 0.480 e. The van der Waals surface area contributed by atoms with Crippen LogP contribution in [0.15, 0.2) is 17.0 Å². The normalized spacial score (nSPS) is 21.5.